The van der Waals surface area contributed by atoms with Gasteiger partial charge in [0.05, 0.1) is 5.56 Å². The van der Waals surface area contributed by atoms with E-state index in [1.54, 1.807) is 0 Å². The fraction of sp³-hybridized carbons (Fsp3) is 0.462. The molecule has 5 heteroatoms. The maximum Gasteiger partial charge on any atom is 0.255 e. The summed E-state index contributed by atoms with van der Waals surface area (Å²) in [4.78, 5) is 11.7. The maximum atomic E-state index is 12.9. The summed E-state index contributed by atoms with van der Waals surface area (Å²) in [5.74, 6) is -1.17. The largest absolute Gasteiger partial charge is 0.507 e. The summed E-state index contributed by atoms with van der Waals surface area (Å²) in [6.45, 7) is 0.539. The highest BCUT2D eigenvalue weighted by Crippen LogP contribution is 2.17. The molecule has 1 rings (SSSR count). The number of halogens is 2. The Morgan fingerprint density at radius 2 is 2.00 bits per heavy atom. The van der Waals surface area contributed by atoms with Gasteiger partial charge in [-0.05, 0) is 31.0 Å². The Morgan fingerprint density at radius 3 is 2.72 bits per heavy atom. The van der Waals surface area contributed by atoms with Gasteiger partial charge >= 0.3 is 0 Å². The number of phenols is 1. The molecule has 0 atom stereocenters. The number of hydrogen-bond donors (Lipinski definition) is 2. The average Bonchev–Trinajstić information content (AvgIpc) is 2.36. The number of carbonyl (C=O) groups excluding carboxylic acids is 1. The van der Waals surface area contributed by atoms with Crippen LogP contribution in [0.5, 0.6) is 5.75 Å². The van der Waals surface area contributed by atoms with E-state index in [0.29, 0.717) is 6.54 Å². The Hall–Kier alpha value is -1.10. The van der Waals surface area contributed by atoms with Crippen molar-refractivity contribution >= 4 is 21.8 Å². The van der Waals surface area contributed by atoms with Crippen LogP contribution in [0.25, 0.3) is 0 Å². The van der Waals surface area contributed by atoms with Crippen LogP contribution >= 0.6 is 15.9 Å². The molecule has 100 valence electrons. The Morgan fingerprint density at radius 1 is 1.28 bits per heavy atom. The Balaban J connectivity index is 2.34. The van der Waals surface area contributed by atoms with E-state index in [2.05, 4.69) is 21.2 Å². The van der Waals surface area contributed by atoms with Gasteiger partial charge < -0.3 is 10.4 Å². The lowest BCUT2D eigenvalue weighted by molar-refractivity contribution is 0.0950. The molecule has 2 N–H and O–H groups in total. The van der Waals surface area contributed by atoms with E-state index in [-0.39, 0.29) is 11.3 Å². The third-order valence-electron chi connectivity index (χ3n) is 2.55. The van der Waals surface area contributed by atoms with Gasteiger partial charge in [0.15, 0.2) is 0 Å². The molecule has 3 nitrogen and oxygen atoms in total. The van der Waals surface area contributed by atoms with Crippen LogP contribution in [-0.2, 0) is 0 Å². The van der Waals surface area contributed by atoms with Crippen LogP contribution in [0.3, 0.4) is 0 Å². The van der Waals surface area contributed by atoms with Crippen molar-refractivity contribution in [2.75, 3.05) is 11.9 Å². The smallest absolute Gasteiger partial charge is 0.255 e. The summed E-state index contributed by atoms with van der Waals surface area (Å²) in [7, 11) is 0. The minimum atomic E-state index is -0.532. The van der Waals surface area contributed by atoms with E-state index in [0.717, 1.165) is 43.1 Å². The zero-order chi connectivity index (χ0) is 13.4. The molecule has 0 aliphatic carbocycles. The fourth-order valence-electron chi connectivity index (χ4n) is 1.56. The Kier molecular flexibility index (Phi) is 6.72. The number of amides is 1. The molecule has 1 aromatic rings. The lowest BCUT2D eigenvalue weighted by Gasteiger charge is -2.06. The van der Waals surface area contributed by atoms with Gasteiger partial charge in [0.2, 0.25) is 0 Å². The highest BCUT2D eigenvalue weighted by atomic mass is 79.9. The third kappa shape index (κ3) is 5.04. The molecule has 1 amide bonds. The number of unbranched alkanes of at least 4 members (excludes halogenated alkanes) is 3. The first kappa shape index (κ1) is 15.0. The molecule has 1 aromatic carbocycles. The van der Waals surface area contributed by atoms with Gasteiger partial charge in [-0.2, -0.15) is 0 Å². The second kappa shape index (κ2) is 8.08. The molecule has 18 heavy (non-hydrogen) atoms. The zero-order valence-electron chi connectivity index (χ0n) is 10.1. The van der Waals surface area contributed by atoms with Crippen LogP contribution < -0.4 is 5.32 Å². The van der Waals surface area contributed by atoms with Crippen LogP contribution in [0, 0.1) is 5.82 Å². The monoisotopic (exact) mass is 317 g/mol. The van der Waals surface area contributed by atoms with Crippen LogP contribution in [-0.4, -0.2) is 22.9 Å². The number of hydrogen-bond acceptors (Lipinski definition) is 2. The standard InChI is InChI=1S/C13H17BrFNO2/c14-7-3-1-2-4-8-16-13(18)11-9-10(15)5-6-12(11)17/h5-6,9,17H,1-4,7-8H2,(H,16,18). The zero-order valence-corrected chi connectivity index (χ0v) is 11.7. The van der Waals surface area contributed by atoms with Crippen molar-refractivity contribution < 1.29 is 14.3 Å². The highest BCUT2D eigenvalue weighted by Gasteiger charge is 2.11. The van der Waals surface area contributed by atoms with Crippen LogP contribution in [0.2, 0.25) is 0 Å². The minimum absolute atomic E-state index is 0.0181. The van der Waals surface area contributed by atoms with Gasteiger partial charge in [0, 0.05) is 11.9 Å². The Labute approximate surface area is 115 Å². The van der Waals surface area contributed by atoms with Crippen molar-refractivity contribution in [3.8, 4) is 5.75 Å². The van der Waals surface area contributed by atoms with E-state index in [1.165, 1.54) is 6.07 Å². The van der Waals surface area contributed by atoms with Crippen molar-refractivity contribution in [1.82, 2.24) is 5.32 Å². The minimum Gasteiger partial charge on any atom is -0.507 e. The summed E-state index contributed by atoms with van der Waals surface area (Å²) in [5.41, 5.74) is -0.0181. The van der Waals surface area contributed by atoms with Gasteiger partial charge in [0.1, 0.15) is 11.6 Å². The summed E-state index contributed by atoms with van der Waals surface area (Å²) >= 11 is 3.35. The van der Waals surface area contributed by atoms with Crippen LogP contribution in [0.1, 0.15) is 36.0 Å². The molecule has 0 aliphatic heterocycles. The van der Waals surface area contributed by atoms with Gasteiger partial charge in [-0.15, -0.1) is 0 Å². The summed E-state index contributed by atoms with van der Waals surface area (Å²) in [6.07, 6.45) is 4.17. The first-order valence-electron chi connectivity index (χ1n) is 5.98. The molecule has 0 spiro atoms. The van der Waals surface area contributed by atoms with Gasteiger partial charge in [-0.25, -0.2) is 4.39 Å². The lowest BCUT2D eigenvalue weighted by Crippen LogP contribution is -2.24. The summed E-state index contributed by atoms with van der Waals surface area (Å²) in [6, 6.07) is 3.34. The van der Waals surface area contributed by atoms with Crippen molar-refractivity contribution in [2.24, 2.45) is 0 Å². The lowest BCUT2D eigenvalue weighted by atomic mass is 10.1. The molecule has 0 bridgehead atoms. The molecule has 0 aromatic heterocycles. The predicted octanol–water partition coefficient (Wildman–Crippen LogP) is 3.22. The molecular weight excluding hydrogens is 301 g/mol. The maximum absolute atomic E-state index is 12.9. The normalized spacial score (nSPS) is 10.3. The molecule has 0 fully saturated rings. The number of phenolic OH excluding ortho intramolecular Hbond substituents is 1. The van der Waals surface area contributed by atoms with Crippen molar-refractivity contribution in [3.05, 3.63) is 29.6 Å². The predicted molar refractivity (Wildman–Crippen MR) is 72.7 cm³/mol. The van der Waals surface area contributed by atoms with E-state index >= 15 is 0 Å². The Bertz CT molecular complexity index is 399. The van der Waals surface area contributed by atoms with Crippen molar-refractivity contribution in [2.45, 2.75) is 25.7 Å². The molecule has 0 saturated heterocycles. The topological polar surface area (TPSA) is 49.3 Å². The van der Waals surface area contributed by atoms with E-state index < -0.39 is 11.7 Å². The van der Waals surface area contributed by atoms with Gasteiger partial charge in [-0.3, -0.25) is 4.79 Å². The van der Waals surface area contributed by atoms with E-state index in [1.807, 2.05) is 0 Å². The SMILES string of the molecule is O=C(NCCCCCCBr)c1cc(F)ccc1O. The van der Waals surface area contributed by atoms with Crippen molar-refractivity contribution in [3.63, 3.8) is 0 Å². The summed E-state index contributed by atoms with van der Waals surface area (Å²) < 4.78 is 12.9. The van der Waals surface area contributed by atoms with Crippen LogP contribution in [0.4, 0.5) is 4.39 Å². The molecule has 0 radical (unpaired) electrons. The van der Waals surface area contributed by atoms with Gasteiger partial charge in [0.25, 0.3) is 5.91 Å². The quantitative estimate of drug-likeness (QED) is 0.599. The number of carbonyl (C=O) groups is 1. The number of alkyl halides is 1. The van der Waals surface area contributed by atoms with Gasteiger partial charge in [-0.1, -0.05) is 28.8 Å². The average molecular weight is 318 g/mol. The van der Waals surface area contributed by atoms with Crippen molar-refractivity contribution in [1.29, 1.82) is 0 Å². The highest BCUT2D eigenvalue weighted by molar-refractivity contribution is 9.09. The second-order valence-corrected chi connectivity index (χ2v) is 4.81. The van der Waals surface area contributed by atoms with E-state index in [9.17, 15) is 14.3 Å². The third-order valence-corrected chi connectivity index (χ3v) is 3.11. The first-order chi connectivity index (χ1) is 8.65. The molecule has 0 aliphatic rings. The number of rotatable bonds is 7. The first-order valence-corrected chi connectivity index (χ1v) is 7.10. The number of aromatic hydroxyl groups is 1. The number of benzene rings is 1. The number of nitrogens with one attached hydrogen (secondary N) is 1. The molecule has 0 saturated carbocycles. The molecule has 0 unspecified atom stereocenters. The van der Waals surface area contributed by atoms with Crippen LogP contribution in [0.15, 0.2) is 18.2 Å². The molecular formula is C13H17BrFNO2. The summed E-state index contributed by atoms with van der Waals surface area (Å²) in [5, 5.41) is 13.1. The molecule has 0 heterocycles. The second-order valence-electron chi connectivity index (χ2n) is 4.02. The van der Waals surface area contributed by atoms with E-state index in [4.69, 9.17) is 0 Å². The fourth-order valence-corrected chi connectivity index (χ4v) is 1.96.